The molecule has 3 aliphatic rings. The molecule has 162 valence electrons. The van der Waals surface area contributed by atoms with Gasteiger partial charge in [-0.1, -0.05) is 37.3 Å². The van der Waals surface area contributed by atoms with Crippen LogP contribution in [-0.2, 0) is 30.5 Å². The molecule has 0 heterocycles. The maximum absolute atomic E-state index is 13.2. The first-order valence-electron chi connectivity index (χ1n) is 10.8. The molecule has 1 spiro atoms. The van der Waals surface area contributed by atoms with Crippen molar-refractivity contribution in [1.29, 1.82) is 0 Å². The summed E-state index contributed by atoms with van der Waals surface area (Å²) in [6.45, 7) is 2.62. The number of carbonyl (C=O) groups is 3. The Balaban J connectivity index is 1.68. The van der Waals surface area contributed by atoms with E-state index < -0.39 is 35.1 Å². The number of benzene rings is 1. The average molecular weight is 414 g/mol. The third-order valence-corrected chi connectivity index (χ3v) is 7.80. The zero-order chi connectivity index (χ0) is 21.5. The second kappa shape index (κ2) is 8.14. The van der Waals surface area contributed by atoms with Crippen molar-refractivity contribution in [2.75, 3.05) is 7.11 Å². The van der Waals surface area contributed by atoms with Gasteiger partial charge in [-0.3, -0.25) is 14.4 Å². The number of Topliss-reactive ketones (excluding diaryl/α,β-unsaturated/α-hetero) is 1. The average Bonchev–Trinajstić information content (AvgIpc) is 3.20. The first kappa shape index (κ1) is 21.0. The first-order chi connectivity index (χ1) is 14.4. The van der Waals surface area contributed by atoms with Gasteiger partial charge >= 0.3 is 11.9 Å². The van der Waals surface area contributed by atoms with E-state index in [2.05, 4.69) is 6.92 Å². The van der Waals surface area contributed by atoms with Crippen LogP contribution in [0.5, 0.6) is 0 Å². The van der Waals surface area contributed by atoms with Crippen molar-refractivity contribution in [3.63, 3.8) is 0 Å². The Morgan fingerprint density at radius 3 is 2.60 bits per heavy atom. The third kappa shape index (κ3) is 3.45. The van der Waals surface area contributed by atoms with Crippen LogP contribution in [0, 0.1) is 35.0 Å². The molecule has 0 aromatic heterocycles. The van der Waals surface area contributed by atoms with Gasteiger partial charge in [0.15, 0.2) is 0 Å². The van der Waals surface area contributed by atoms with Crippen LogP contribution < -0.4 is 0 Å². The van der Waals surface area contributed by atoms with E-state index in [1.807, 2.05) is 30.3 Å². The third-order valence-electron chi connectivity index (χ3n) is 7.80. The molecular formula is C24H30O6. The van der Waals surface area contributed by atoms with E-state index in [9.17, 15) is 19.5 Å². The van der Waals surface area contributed by atoms with Crippen molar-refractivity contribution in [1.82, 2.24) is 0 Å². The van der Waals surface area contributed by atoms with Crippen LogP contribution in [0.4, 0.5) is 0 Å². The van der Waals surface area contributed by atoms with Crippen LogP contribution in [-0.4, -0.2) is 36.0 Å². The number of carbonyl (C=O) groups excluding carboxylic acids is 2. The molecular weight excluding hydrogens is 384 g/mol. The van der Waals surface area contributed by atoms with Gasteiger partial charge in [0.2, 0.25) is 0 Å². The molecule has 0 radical (unpaired) electrons. The molecule has 0 saturated heterocycles. The summed E-state index contributed by atoms with van der Waals surface area (Å²) in [5, 5.41) is 9.94. The lowest BCUT2D eigenvalue weighted by Gasteiger charge is -2.48. The minimum absolute atomic E-state index is 0.0285. The Bertz CT molecular complexity index is 820. The number of hydrogen-bond donors (Lipinski definition) is 1. The normalized spacial score (nSPS) is 37.5. The van der Waals surface area contributed by atoms with E-state index in [-0.39, 0.29) is 24.2 Å². The van der Waals surface area contributed by atoms with E-state index in [1.54, 1.807) is 0 Å². The van der Waals surface area contributed by atoms with E-state index in [0.717, 1.165) is 18.4 Å². The van der Waals surface area contributed by atoms with Gasteiger partial charge in [-0.2, -0.15) is 0 Å². The van der Waals surface area contributed by atoms with E-state index in [4.69, 9.17) is 9.47 Å². The Labute approximate surface area is 176 Å². The fourth-order valence-electron chi connectivity index (χ4n) is 6.67. The second-order valence-corrected chi connectivity index (χ2v) is 9.41. The first-order valence-corrected chi connectivity index (χ1v) is 10.8. The minimum Gasteiger partial charge on any atom is -0.481 e. The molecule has 0 aliphatic heterocycles. The van der Waals surface area contributed by atoms with Crippen molar-refractivity contribution >= 4 is 17.7 Å². The number of ether oxygens (including phenoxy) is 2. The smallest absolute Gasteiger partial charge is 0.306 e. The Morgan fingerprint density at radius 2 is 1.93 bits per heavy atom. The maximum Gasteiger partial charge on any atom is 0.306 e. The number of hydrogen-bond acceptors (Lipinski definition) is 5. The molecule has 7 atom stereocenters. The van der Waals surface area contributed by atoms with Crippen molar-refractivity contribution in [2.24, 2.45) is 35.0 Å². The topological polar surface area (TPSA) is 89.9 Å². The lowest BCUT2D eigenvalue weighted by Crippen LogP contribution is -2.48. The zero-order valence-corrected chi connectivity index (χ0v) is 17.6. The molecule has 30 heavy (non-hydrogen) atoms. The van der Waals surface area contributed by atoms with Crippen LogP contribution in [0.1, 0.15) is 44.6 Å². The lowest BCUT2D eigenvalue weighted by atomic mass is 9.60. The van der Waals surface area contributed by atoms with E-state index in [0.29, 0.717) is 25.4 Å². The van der Waals surface area contributed by atoms with Crippen molar-refractivity contribution < 1.29 is 29.0 Å². The number of esters is 1. The summed E-state index contributed by atoms with van der Waals surface area (Å²) >= 11 is 0. The molecule has 6 nitrogen and oxygen atoms in total. The van der Waals surface area contributed by atoms with Gasteiger partial charge in [-0.25, -0.2) is 0 Å². The number of aliphatic carboxylic acids is 1. The molecule has 3 saturated carbocycles. The predicted molar refractivity (Wildman–Crippen MR) is 108 cm³/mol. The Morgan fingerprint density at radius 1 is 1.20 bits per heavy atom. The molecule has 1 N–H and O–H groups in total. The summed E-state index contributed by atoms with van der Waals surface area (Å²) in [6, 6.07) is 9.90. The highest BCUT2D eigenvalue weighted by Crippen LogP contribution is 2.67. The number of carboxylic acid groups (broad SMARTS) is 1. The maximum atomic E-state index is 13.2. The van der Waals surface area contributed by atoms with Gasteiger partial charge in [-0.05, 0) is 42.6 Å². The van der Waals surface area contributed by atoms with Gasteiger partial charge in [0.1, 0.15) is 5.78 Å². The highest BCUT2D eigenvalue weighted by atomic mass is 16.5. The molecule has 6 heteroatoms. The van der Waals surface area contributed by atoms with E-state index in [1.165, 1.54) is 7.11 Å². The molecule has 3 fully saturated rings. The fraction of sp³-hybridized carbons (Fsp3) is 0.625. The number of methoxy groups -OCH3 is 1. The van der Waals surface area contributed by atoms with Gasteiger partial charge < -0.3 is 14.6 Å². The van der Waals surface area contributed by atoms with Crippen LogP contribution in [0.15, 0.2) is 30.3 Å². The SMILES string of the molecule is COC(=O)C[C@H]1C(C(=O)O)C[C@]23[C@H](CC(=O)[C@H]12)C[C@@H](C)C[C@@H]3OCc1ccccc1. The van der Waals surface area contributed by atoms with Crippen molar-refractivity contribution in [2.45, 2.75) is 51.7 Å². The summed E-state index contributed by atoms with van der Waals surface area (Å²) < 4.78 is 11.3. The molecule has 0 bridgehead atoms. The lowest BCUT2D eigenvalue weighted by molar-refractivity contribution is -0.146. The zero-order valence-electron chi connectivity index (χ0n) is 17.6. The summed E-state index contributed by atoms with van der Waals surface area (Å²) in [4.78, 5) is 37.4. The molecule has 3 aliphatic carbocycles. The summed E-state index contributed by atoms with van der Waals surface area (Å²) in [5.41, 5.74) is 0.559. The van der Waals surface area contributed by atoms with Crippen LogP contribution in [0.2, 0.25) is 0 Å². The minimum atomic E-state index is -0.931. The summed E-state index contributed by atoms with van der Waals surface area (Å²) in [7, 11) is 1.30. The second-order valence-electron chi connectivity index (χ2n) is 9.41. The van der Waals surface area contributed by atoms with E-state index >= 15 is 0 Å². The number of ketones is 1. The largest absolute Gasteiger partial charge is 0.481 e. The Kier molecular flexibility index (Phi) is 5.71. The van der Waals surface area contributed by atoms with Gasteiger partial charge in [-0.15, -0.1) is 0 Å². The fourth-order valence-corrected chi connectivity index (χ4v) is 6.67. The van der Waals surface area contributed by atoms with Crippen LogP contribution >= 0.6 is 0 Å². The van der Waals surface area contributed by atoms with Gasteiger partial charge in [0, 0.05) is 24.2 Å². The van der Waals surface area contributed by atoms with Crippen molar-refractivity contribution in [3.05, 3.63) is 35.9 Å². The quantitative estimate of drug-likeness (QED) is 0.717. The molecule has 1 aromatic rings. The Hall–Kier alpha value is -2.21. The van der Waals surface area contributed by atoms with Gasteiger partial charge in [0.05, 0.1) is 25.7 Å². The van der Waals surface area contributed by atoms with Crippen LogP contribution in [0.25, 0.3) is 0 Å². The highest BCUT2D eigenvalue weighted by molar-refractivity contribution is 5.88. The standard InChI is InChI=1S/C24H30O6/c1-14-8-16-10-19(25)22-17(11-21(26)29-2)18(23(27)28)12-24(16,22)20(9-14)30-13-15-6-4-3-5-7-15/h3-7,14,16-18,20,22H,8-13H2,1-2H3,(H,27,28)/t14-,16+,17+,18?,20+,22+,24-/m1/s1. The predicted octanol–water partition coefficient (Wildman–Crippen LogP) is 3.48. The number of carboxylic acids is 1. The molecule has 0 amide bonds. The highest BCUT2D eigenvalue weighted by Gasteiger charge is 2.69. The summed E-state index contributed by atoms with van der Waals surface area (Å²) in [5.74, 6) is -2.46. The van der Waals surface area contributed by atoms with Crippen LogP contribution in [0.3, 0.4) is 0 Å². The summed E-state index contributed by atoms with van der Waals surface area (Å²) in [6.07, 6.45) is 2.36. The van der Waals surface area contributed by atoms with Crippen molar-refractivity contribution in [3.8, 4) is 0 Å². The van der Waals surface area contributed by atoms with Gasteiger partial charge in [0.25, 0.3) is 0 Å². The number of rotatable bonds is 6. The monoisotopic (exact) mass is 414 g/mol. The molecule has 1 aromatic carbocycles. The molecule has 4 rings (SSSR count). The molecule has 1 unspecified atom stereocenters.